The monoisotopic (exact) mass is 410 g/mol. The lowest BCUT2D eigenvalue weighted by molar-refractivity contribution is -0.137. The van der Waals surface area contributed by atoms with Crippen molar-refractivity contribution in [3.05, 3.63) is 28.8 Å². The Morgan fingerprint density at radius 2 is 1.77 bits per heavy atom. The Kier molecular flexibility index (Phi) is 5.00. The predicted molar refractivity (Wildman–Crippen MR) is 89.1 cm³/mol. The summed E-state index contributed by atoms with van der Waals surface area (Å²) < 4.78 is 65.4. The zero-order valence-electron chi connectivity index (χ0n) is 14.0. The molecule has 1 saturated heterocycles. The minimum atomic E-state index is -4.74. The zero-order valence-corrected chi connectivity index (χ0v) is 15.5. The van der Waals surface area contributed by atoms with Gasteiger partial charge in [0.15, 0.2) is 0 Å². The molecule has 2 aliphatic rings. The molecule has 1 aliphatic carbocycles. The summed E-state index contributed by atoms with van der Waals surface area (Å²) in [6, 6.07) is 2.56. The fraction of sp³-hybridized carbons (Fsp3) is 0.562. The van der Waals surface area contributed by atoms with E-state index in [0.717, 1.165) is 22.9 Å². The van der Waals surface area contributed by atoms with Gasteiger partial charge in [0.25, 0.3) is 0 Å². The highest BCUT2D eigenvalue weighted by Crippen LogP contribution is 2.39. The zero-order chi connectivity index (χ0) is 19.3. The Labute approximate surface area is 154 Å². The minimum absolute atomic E-state index is 0.0174. The van der Waals surface area contributed by atoms with Gasteiger partial charge in [0.05, 0.1) is 15.5 Å². The second-order valence-corrected chi connectivity index (χ2v) is 9.03. The minimum Gasteiger partial charge on any atom is -0.340 e. The first-order valence-corrected chi connectivity index (χ1v) is 9.99. The number of sulfonamides is 1. The van der Waals surface area contributed by atoms with Crippen LogP contribution in [0.2, 0.25) is 5.02 Å². The van der Waals surface area contributed by atoms with Crippen molar-refractivity contribution in [3.8, 4) is 0 Å². The molecule has 0 spiro atoms. The SMILES string of the molecule is CC1CC1C(=O)N1CCN(S(=O)(=O)c2ccc(Cl)c(C(F)(F)F)c2)CC1. The molecule has 2 atom stereocenters. The van der Waals surface area contributed by atoms with Gasteiger partial charge in [-0.1, -0.05) is 18.5 Å². The summed E-state index contributed by atoms with van der Waals surface area (Å²) in [5, 5.41) is -0.551. The quantitative estimate of drug-likeness (QED) is 0.770. The molecule has 1 amide bonds. The molecule has 1 saturated carbocycles. The van der Waals surface area contributed by atoms with Crippen LogP contribution in [0.1, 0.15) is 18.9 Å². The van der Waals surface area contributed by atoms with Crippen LogP contribution >= 0.6 is 11.6 Å². The molecule has 0 N–H and O–H groups in total. The van der Waals surface area contributed by atoms with E-state index in [1.54, 1.807) is 4.90 Å². The molecule has 1 aromatic rings. The van der Waals surface area contributed by atoms with Crippen molar-refractivity contribution in [2.75, 3.05) is 26.2 Å². The number of piperazine rings is 1. The van der Waals surface area contributed by atoms with Crippen LogP contribution in [0.15, 0.2) is 23.1 Å². The number of carbonyl (C=O) groups is 1. The standard InChI is InChI=1S/C16H18ClF3N2O3S/c1-10-8-12(10)15(23)21-4-6-22(7-5-21)26(24,25)11-2-3-14(17)13(9-11)16(18,19)20/h2-3,9-10,12H,4-8H2,1H3. The topological polar surface area (TPSA) is 57.7 Å². The lowest BCUT2D eigenvalue weighted by Crippen LogP contribution is -2.51. The first-order valence-electron chi connectivity index (χ1n) is 8.17. The van der Waals surface area contributed by atoms with E-state index in [4.69, 9.17) is 11.6 Å². The van der Waals surface area contributed by atoms with Crippen LogP contribution in [0.4, 0.5) is 13.2 Å². The van der Waals surface area contributed by atoms with Gasteiger partial charge in [0.2, 0.25) is 15.9 Å². The van der Waals surface area contributed by atoms with Crippen molar-refractivity contribution in [2.24, 2.45) is 11.8 Å². The highest BCUT2D eigenvalue weighted by Gasteiger charge is 2.43. The molecule has 2 unspecified atom stereocenters. The number of carbonyl (C=O) groups excluding carboxylic acids is 1. The number of halogens is 4. The van der Waals surface area contributed by atoms with E-state index in [0.29, 0.717) is 12.0 Å². The Morgan fingerprint density at radius 1 is 1.19 bits per heavy atom. The molecule has 1 heterocycles. The van der Waals surface area contributed by atoms with Gasteiger partial charge < -0.3 is 4.90 Å². The van der Waals surface area contributed by atoms with Crippen LogP contribution in [0.25, 0.3) is 0 Å². The Balaban J connectivity index is 1.74. The van der Waals surface area contributed by atoms with E-state index < -0.39 is 31.7 Å². The van der Waals surface area contributed by atoms with Gasteiger partial charge in [0.1, 0.15) is 0 Å². The van der Waals surface area contributed by atoms with E-state index >= 15 is 0 Å². The van der Waals surface area contributed by atoms with Crippen LogP contribution in [0.3, 0.4) is 0 Å². The van der Waals surface area contributed by atoms with Crippen LogP contribution < -0.4 is 0 Å². The maximum absolute atomic E-state index is 13.0. The molecule has 26 heavy (non-hydrogen) atoms. The summed E-state index contributed by atoms with van der Waals surface area (Å²) in [7, 11) is -4.09. The normalized spacial score (nSPS) is 24.6. The molecular formula is C16H18ClF3N2O3S. The van der Waals surface area contributed by atoms with Crippen LogP contribution in [-0.4, -0.2) is 49.7 Å². The molecule has 5 nitrogen and oxygen atoms in total. The van der Waals surface area contributed by atoms with E-state index in [2.05, 4.69) is 0 Å². The van der Waals surface area contributed by atoms with Crippen LogP contribution in [-0.2, 0) is 21.0 Å². The molecule has 0 bridgehead atoms. The number of rotatable bonds is 3. The van der Waals surface area contributed by atoms with Gasteiger partial charge in [0, 0.05) is 32.1 Å². The highest BCUT2D eigenvalue weighted by molar-refractivity contribution is 7.89. The molecule has 1 aromatic carbocycles. The maximum atomic E-state index is 13.0. The third-order valence-corrected chi connectivity index (χ3v) is 7.08. The summed E-state index contributed by atoms with van der Waals surface area (Å²) in [4.78, 5) is 13.4. The van der Waals surface area contributed by atoms with Crippen molar-refractivity contribution in [2.45, 2.75) is 24.4 Å². The first kappa shape index (κ1) is 19.4. The molecule has 10 heteroatoms. The van der Waals surface area contributed by atoms with Crippen molar-refractivity contribution < 1.29 is 26.4 Å². The largest absolute Gasteiger partial charge is 0.417 e. The molecule has 0 radical (unpaired) electrons. The average molecular weight is 411 g/mol. The van der Waals surface area contributed by atoms with Gasteiger partial charge in [-0.25, -0.2) is 8.42 Å². The third-order valence-electron chi connectivity index (χ3n) is 4.86. The Hall–Kier alpha value is -1.32. The summed E-state index contributed by atoms with van der Waals surface area (Å²) in [6.07, 6.45) is -3.89. The fourth-order valence-corrected chi connectivity index (χ4v) is 4.75. The molecule has 2 fully saturated rings. The second kappa shape index (κ2) is 6.69. The smallest absolute Gasteiger partial charge is 0.340 e. The number of hydrogen-bond donors (Lipinski definition) is 0. The van der Waals surface area contributed by atoms with Gasteiger partial charge in [-0.15, -0.1) is 0 Å². The summed E-state index contributed by atoms with van der Waals surface area (Å²) >= 11 is 5.55. The third kappa shape index (κ3) is 3.70. The molecular weight excluding hydrogens is 393 g/mol. The summed E-state index contributed by atoms with van der Waals surface area (Å²) in [5.41, 5.74) is -1.18. The van der Waals surface area contributed by atoms with Crippen molar-refractivity contribution in [3.63, 3.8) is 0 Å². The number of hydrogen-bond acceptors (Lipinski definition) is 3. The highest BCUT2D eigenvalue weighted by atomic mass is 35.5. The van der Waals surface area contributed by atoms with E-state index in [1.165, 1.54) is 0 Å². The van der Waals surface area contributed by atoms with Gasteiger partial charge in [-0.2, -0.15) is 17.5 Å². The van der Waals surface area contributed by atoms with Crippen LogP contribution in [0.5, 0.6) is 0 Å². The molecule has 1 aliphatic heterocycles. The number of alkyl halides is 3. The summed E-state index contributed by atoms with van der Waals surface area (Å²) in [6.45, 7) is 2.57. The predicted octanol–water partition coefficient (Wildman–Crippen LogP) is 2.85. The fourth-order valence-electron chi connectivity index (χ4n) is 3.08. The molecule has 0 aromatic heterocycles. The Morgan fingerprint density at radius 3 is 2.27 bits per heavy atom. The van der Waals surface area contributed by atoms with E-state index in [9.17, 15) is 26.4 Å². The van der Waals surface area contributed by atoms with Gasteiger partial charge >= 0.3 is 6.18 Å². The number of benzene rings is 1. The van der Waals surface area contributed by atoms with Crippen molar-refractivity contribution in [1.82, 2.24) is 9.21 Å². The van der Waals surface area contributed by atoms with Crippen molar-refractivity contribution in [1.29, 1.82) is 0 Å². The summed E-state index contributed by atoms with van der Waals surface area (Å²) in [5.74, 6) is 0.406. The molecule has 3 rings (SSSR count). The lowest BCUT2D eigenvalue weighted by atomic mass is 10.2. The average Bonchev–Trinajstić information content (AvgIpc) is 3.30. The van der Waals surface area contributed by atoms with Crippen LogP contribution in [0, 0.1) is 11.8 Å². The van der Waals surface area contributed by atoms with E-state index in [-0.39, 0.29) is 38.0 Å². The van der Waals surface area contributed by atoms with Gasteiger partial charge in [-0.05, 0) is 30.5 Å². The molecule has 144 valence electrons. The first-order chi connectivity index (χ1) is 12.0. The number of nitrogens with zero attached hydrogens (tertiary/aromatic N) is 2. The Bertz CT molecular complexity index is 821. The maximum Gasteiger partial charge on any atom is 0.417 e. The van der Waals surface area contributed by atoms with E-state index in [1.807, 2.05) is 6.92 Å². The second-order valence-electron chi connectivity index (χ2n) is 6.69. The number of amides is 1. The van der Waals surface area contributed by atoms with Crippen molar-refractivity contribution >= 4 is 27.5 Å². The van der Waals surface area contributed by atoms with Gasteiger partial charge in [-0.3, -0.25) is 4.79 Å². The lowest BCUT2D eigenvalue weighted by Gasteiger charge is -2.34.